The number of rotatable bonds is 5. The van der Waals surface area contributed by atoms with Gasteiger partial charge in [0.15, 0.2) is 0 Å². The summed E-state index contributed by atoms with van der Waals surface area (Å²) in [6.07, 6.45) is 2.09. The number of hydrogen-bond acceptors (Lipinski definition) is 3. The monoisotopic (exact) mass is 224 g/mol. The molecule has 0 amide bonds. The second-order valence-corrected chi connectivity index (χ2v) is 5.32. The summed E-state index contributed by atoms with van der Waals surface area (Å²) >= 11 is 1.77. The van der Waals surface area contributed by atoms with Gasteiger partial charge in [-0.05, 0) is 37.8 Å². The Hall–Kier alpha value is -0.510. The normalized spacial score (nSPS) is 11.7. The first-order valence-electron chi connectivity index (χ1n) is 5.14. The summed E-state index contributed by atoms with van der Waals surface area (Å²) in [6.45, 7) is 5.76. The van der Waals surface area contributed by atoms with Gasteiger partial charge < -0.3 is 11.1 Å². The highest BCUT2D eigenvalue weighted by Gasteiger charge is 2.08. The molecule has 0 spiro atoms. The molecule has 1 aromatic carbocycles. The summed E-state index contributed by atoms with van der Waals surface area (Å²) in [6, 6.07) is 8.61. The molecule has 0 saturated carbocycles. The molecule has 0 aliphatic rings. The molecule has 0 saturated heterocycles. The zero-order chi connectivity index (χ0) is 11.3. The van der Waals surface area contributed by atoms with Gasteiger partial charge in [0.1, 0.15) is 0 Å². The van der Waals surface area contributed by atoms with Gasteiger partial charge in [0, 0.05) is 23.5 Å². The lowest BCUT2D eigenvalue weighted by atomic mass is 10.1. The summed E-state index contributed by atoms with van der Waals surface area (Å²) in [5.74, 6) is 0. The lowest BCUT2D eigenvalue weighted by molar-refractivity contribution is 0.466. The largest absolute Gasteiger partial charge is 0.324 e. The molecular formula is C12H20N2S. The molecule has 0 fully saturated rings. The minimum atomic E-state index is -0.140. The van der Waals surface area contributed by atoms with Crippen LogP contribution in [-0.4, -0.2) is 18.3 Å². The summed E-state index contributed by atoms with van der Waals surface area (Å²) in [7, 11) is 0. The first kappa shape index (κ1) is 12.6. The number of thioether (sulfide) groups is 1. The topological polar surface area (TPSA) is 38.0 Å². The maximum atomic E-state index is 5.88. The molecule has 0 aliphatic carbocycles. The van der Waals surface area contributed by atoms with E-state index < -0.39 is 0 Å². The van der Waals surface area contributed by atoms with E-state index in [1.54, 1.807) is 11.8 Å². The number of nitrogens with two attached hydrogens (primary N) is 1. The van der Waals surface area contributed by atoms with E-state index in [9.17, 15) is 0 Å². The Balaban J connectivity index is 2.38. The van der Waals surface area contributed by atoms with E-state index in [1.165, 1.54) is 10.5 Å². The van der Waals surface area contributed by atoms with Crippen LogP contribution in [0.2, 0.25) is 0 Å². The second-order valence-electron chi connectivity index (χ2n) is 4.44. The maximum absolute atomic E-state index is 5.88. The fourth-order valence-electron chi connectivity index (χ4n) is 1.27. The minimum absolute atomic E-state index is 0.140. The summed E-state index contributed by atoms with van der Waals surface area (Å²) < 4.78 is 0. The minimum Gasteiger partial charge on any atom is -0.324 e. The highest BCUT2D eigenvalue weighted by atomic mass is 32.2. The van der Waals surface area contributed by atoms with Gasteiger partial charge in [-0.3, -0.25) is 0 Å². The van der Waals surface area contributed by atoms with Gasteiger partial charge in [-0.2, -0.15) is 0 Å². The van der Waals surface area contributed by atoms with Crippen LogP contribution in [0.15, 0.2) is 29.2 Å². The first-order valence-corrected chi connectivity index (χ1v) is 6.36. The van der Waals surface area contributed by atoms with Crippen LogP contribution in [0.5, 0.6) is 0 Å². The molecule has 3 heteroatoms. The molecule has 0 atom stereocenters. The van der Waals surface area contributed by atoms with Crippen molar-refractivity contribution in [1.82, 2.24) is 5.32 Å². The van der Waals surface area contributed by atoms with E-state index in [0.717, 1.165) is 13.1 Å². The highest BCUT2D eigenvalue weighted by molar-refractivity contribution is 7.98. The van der Waals surface area contributed by atoms with Crippen molar-refractivity contribution < 1.29 is 0 Å². The molecule has 0 heterocycles. The van der Waals surface area contributed by atoms with Crippen molar-refractivity contribution in [2.75, 3.05) is 12.8 Å². The number of hydrogen-bond donors (Lipinski definition) is 2. The third-order valence-electron chi connectivity index (χ3n) is 2.07. The van der Waals surface area contributed by atoms with Crippen molar-refractivity contribution in [3.63, 3.8) is 0 Å². The predicted octanol–water partition coefficient (Wildman–Crippen LogP) is 2.24. The molecule has 0 radical (unpaired) electrons. The van der Waals surface area contributed by atoms with E-state index in [2.05, 4.69) is 35.8 Å². The Labute approximate surface area is 96.6 Å². The van der Waals surface area contributed by atoms with Gasteiger partial charge in [-0.25, -0.2) is 0 Å². The van der Waals surface area contributed by atoms with Gasteiger partial charge in [0.25, 0.3) is 0 Å². The molecule has 15 heavy (non-hydrogen) atoms. The molecule has 1 rings (SSSR count). The third kappa shape index (κ3) is 5.21. The quantitative estimate of drug-likeness (QED) is 0.753. The van der Waals surface area contributed by atoms with Crippen molar-refractivity contribution in [3.05, 3.63) is 29.8 Å². The lowest BCUT2D eigenvalue weighted by Gasteiger charge is -2.18. The zero-order valence-electron chi connectivity index (χ0n) is 9.71. The first-order chi connectivity index (χ1) is 7.01. The van der Waals surface area contributed by atoms with Crippen molar-refractivity contribution in [1.29, 1.82) is 0 Å². The van der Waals surface area contributed by atoms with Crippen LogP contribution in [0.3, 0.4) is 0 Å². The van der Waals surface area contributed by atoms with E-state index in [4.69, 9.17) is 5.73 Å². The molecule has 0 aliphatic heterocycles. The number of nitrogens with one attached hydrogen (secondary N) is 1. The van der Waals surface area contributed by atoms with Crippen LogP contribution in [0.25, 0.3) is 0 Å². The van der Waals surface area contributed by atoms with Crippen LogP contribution in [0.1, 0.15) is 19.4 Å². The summed E-state index contributed by atoms with van der Waals surface area (Å²) in [4.78, 5) is 1.30. The third-order valence-corrected chi connectivity index (χ3v) is 2.81. The zero-order valence-corrected chi connectivity index (χ0v) is 10.5. The van der Waals surface area contributed by atoms with Gasteiger partial charge >= 0.3 is 0 Å². The van der Waals surface area contributed by atoms with Crippen LogP contribution in [-0.2, 0) is 6.54 Å². The van der Waals surface area contributed by atoms with E-state index in [0.29, 0.717) is 0 Å². The lowest BCUT2D eigenvalue weighted by Crippen LogP contribution is -2.42. The van der Waals surface area contributed by atoms with E-state index in [1.807, 2.05) is 13.8 Å². The SMILES string of the molecule is CSc1ccc(CNCC(C)(C)N)cc1. The van der Waals surface area contributed by atoms with Crippen LogP contribution in [0.4, 0.5) is 0 Å². The van der Waals surface area contributed by atoms with Crippen molar-refractivity contribution in [2.24, 2.45) is 5.73 Å². The fourth-order valence-corrected chi connectivity index (χ4v) is 1.68. The standard InChI is InChI=1S/C12H20N2S/c1-12(2,13)9-14-8-10-4-6-11(15-3)7-5-10/h4-7,14H,8-9,13H2,1-3H3. The Morgan fingerprint density at radius 2 is 1.87 bits per heavy atom. The van der Waals surface area contributed by atoms with E-state index >= 15 is 0 Å². The number of benzene rings is 1. The van der Waals surface area contributed by atoms with Gasteiger partial charge in [-0.1, -0.05) is 12.1 Å². The molecular weight excluding hydrogens is 204 g/mol. The van der Waals surface area contributed by atoms with Crippen LogP contribution in [0, 0.1) is 0 Å². The smallest absolute Gasteiger partial charge is 0.0223 e. The predicted molar refractivity (Wildman–Crippen MR) is 68.2 cm³/mol. The Kier molecular flexibility index (Phi) is 4.64. The molecule has 0 aromatic heterocycles. The molecule has 84 valence electrons. The maximum Gasteiger partial charge on any atom is 0.0223 e. The Morgan fingerprint density at radius 3 is 2.33 bits per heavy atom. The van der Waals surface area contributed by atoms with Crippen LogP contribution < -0.4 is 11.1 Å². The molecule has 2 nitrogen and oxygen atoms in total. The fraction of sp³-hybridized carbons (Fsp3) is 0.500. The van der Waals surface area contributed by atoms with Crippen molar-refractivity contribution >= 4 is 11.8 Å². The van der Waals surface area contributed by atoms with Gasteiger partial charge in [0.05, 0.1) is 0 Å². The average molecular weight is 224 g/mol. The highest BCUT2D eigenvalue weighted by Crippen LogP contribution is 2.14. The summed E-state index contributed by atoms with van der Waals surface area (Å²) in [5.41, 5.74) is 7.04. The molecule has 0 unspecified atom stereocenters. The van der Waals surface area contributed by atoms with E-state index in [-0.39, 0.29) is 5.54 Å². The Morgan fingerprint density at radius 1 is 1.27 bits per heavy atom. The molecule has 3 N–H and O–H groups in total. The van der Waals surface area contributed by atoms with Gasteiger partial charge in [-0.15, -0.1) is 11.8 Å². The van der Waals surface area contributed by atoms with Crippen LogP contribution >= 0.6 is 11.8 Å². The molecule has 1 aromatic rings. The van der Waals surface area contributed by atoms with Crippen molar-refractivity contribution in [3.8, 4) is 0 Å². The van der Waals surface area contributed by atoms with Crippen molar-refractivity contribution in [2.45, 2.75) is 30.8 Å². The summed E-state index contributed by atoms with van der Waals surface area (Å²) in [5, 5.41) is 3.35. The van der Waals surface area contributed by atoms with Gasteiger partial charge in [0.2, 0.25) is 0 Å². The second kappa shape index (κ2) is 5.54. The Bertz CT molecular complexity index is 287. The molecule has 0 bridgehead atoms. The average Bonchev–Trinajstić information content (AvgIpc) is 2.17.